The van der Waals surface area contributed by atoms with Crippen LogP contribution in [0.4, 0.5) is 5.69 Å². The lowest BCUT2D eigenvalue weighted by Gasteiger charge is -2.13. The number of hydrogen-bond acceptors (Lipinski definition) is 4. The predicted molar refractivity (Wildman–Crippen MR) is 76.7 cm³/mol. The van der Waals surface area contributed by atoms with Gasteiger partial charge in [0.1, 0.15) is 0 Å². The Morgan fingerprint density at radius 1 is 1.47 bits per heavy atom. The molecule has 0 heterocycles. The van der Waals surface area contributed by atoms with E-state index in [2.05, 4.69) is 4.72 Å². The molecule has 0 aliphatic rings. The predicted octanol–water partition coefficient (Wildman–Crippen LogP) is 1.53. The van der Waals surface area contributed by atoms with Gasteiger partial charge in [-0.15, -0.1) is 0 Å². The number of anilines is 1. The normalized spacial score (nSPS) is 13.5. The van der Waals surface area contributed by atoms with E-state index in [9.17, 15) is 8.42 Å². The van der Waals surface area contributed by atoms with Crippen LogP contribution in [0, 0.1) is 12.8 Å². The maximum Gasteiger partial charge on any atom is 0.240 e. The molecule has 0 bridgehead atoms. The molecule has 7 heteroatoms. The average Bonchev–Trinajstić information content (AvgIpc) is 2.33. The van der Waals surface area contributed by atoms with Crippen molar-refractivity contribution in [2.45, 2.75) is 25.2 Å². The molecule has 0 saturated heterocycles. The molecule has 0 aromatic heterocycles. The zero-order valence-electron chi connectivity index (χ0n) is 11.0. The molecule has 0 spiro atoms. The van der Waals surface area contributed by atoms with E-state index >= 15 is 0 Å². The lowest BCUT2D eigenvalue weighted by atomic mass is 10.1. The van der Waals surface area contributed by atoms with Crippen LogP contribution in [0.2, 0.25) is 5.02 Å². The number of sulfonamides is 1. The van der Waals surface area contributed by atoms with E-state index in [1.54, 1.807) is 6.92 Å². The standard InChI is InChI=1S/C12H19ClN2O3S/c1-8(3-4-16)7-15-19(17,18)10-5-11(13)9(2)12(14)6-10/h5-6,8,15-16H,3-4,7,14H2,1-2H3. The maximum atomic E-state index is 12.1. The van der Waals surface area contributed by atoms with Gasteiger partial charge in [-0.3, -0.25) is 0 Å². The Morgan fingerprint density at radius 3 is 2.63 bits per heavy atom. The molecule has 19 heavy (non-hydrogen) atoms. The lowest BCUT2D eigenvalue weighted by Crippen LogP contribution is -2.29. The van der Waals surface area contributed by atoms with Gasteiger partial charge in [-0.05, 0) is 37.0 Å². The monoisotopic (exact) mass is 306 g/mol. The van der Waals surface area contributed by atoms with Gasteiger partial charge >= 0.3 is 0 Å². The van der Waals surface area contributed by atoms with Crippen LogP contribution < -0.4 is 10.5 Å². The molecule has 0 fully saturated rings. The summed E-state index contributed by atoms with van der Waals surface area (Å²) in [5.74, 6) is 0.0537. The van der Waals surface area contributed by atoms with Crippen LogP contribution in [0.1, 0.15) is 18.9 Å². The molecule has 108 valence electrons. The third kappa shape index (κ3) is 4.35. The molecule has 1 rings (SSSR count). The summed E-state index contributed by atoms with van der Waals surface area (Å²) in [6.07, 6.45) is 0.541. The molecule has 0 aliphatic heterocycles. The molecule has 1 aromatic rings. The van der Waals surface area contributed by atoms with Gasteiger partial charge in [0.15, 0.2) is 0 Å². The highest BCUT2D eigenvalue weighted by Crippen LogP contribution is 2.25. The second-order valence-electron chi connectivity index (χ2n) is 4.59. The first-order valence-corrected chi connectivity index (χ1v) is 7.80. The number of hydrogen-bond donors (Lipinski definition) is 3. The minimum absolute atomic E-state index is 0.0339. The fraction of sp³-hybridized carbons (Fsp3) is 0.500. The first-order chi connectivity index (χ1) is 8.77. The van der Waals surface area contributed by atoms with Crippen molar-refractivity contribution in [2.24, 2.45) is 5.92 Å². The smallest absolute Gasteiger partial charge is 0.240 e. The van der Waals surface area contributed by atoms with Crippen molar-refractivity contribution in [3.8, 4) is 0 Å². The van der Waals surface area contributed by atoms with Gasteiger partial charge in [-0.2, -0.15) is 0 Å². The number of aliphatic hydroxyl groups excluding tert-OH is 1. The Hall–Kier alpha value is -0.820. The number of rotatable bonds is 6. The van der Waals surface area contributed by atoms with Gasteiger partial charge in [-0.25, -0.2) is 13.1 Å². The zero-order valence-corrected chi connectivity index (χ0v) is 12.6. The molecule has 1 atom stereocenters. The minimum Gasteiger partial charge on any atom is -0.398 e. The Balaban J connectivity index is 2.89. The van der Waals surface area contributed by atoms with E-state index in [0.29, 0.717) is 22.7 Å². The van der Waals surface area contributed by atoms with Crippen LogP contribution in [0.15, 0.2) is 17.0 Å². The van der Waals surface area contributed by atoms with Gasteiger partial charge < -0.3 is 10.8 Å². The molecule has 0 amide bonds. The van der Waals surface area contributed by atoms with Crippen molar-refractivity contribution in [3.05, 3.63) is 22.7 Å². The highest BCUT2D eigenvalue weighted by molar-refractivity contribution is 7.89. The first-order valence-electron chi connectivity index (χ1n) is 5.94. The molecular formula is C12H19ClN2O3S. The van der Waals surface area contributed by atoms with Crippen molar-refractivity contribution < 1.29 is 13.5 Å². The van der Waals surface area contributed by atoms with E-state index in [-0.39, 0.29) is 24.0 Å². The van der Waals surface area contributed by atoms with Crippen LogP contribution in [0.25, 0.3) is 0 Å². The van der Waals surface area contributed by atoms with Crippen LogP contribution in [0.5, 0.6) is 0 Å². The number of nitrogens with one attached hydrogen (secondary N) is 1. The molecule has 0 radical (unpaired) electrons. The van der Waals surface area contributed by atoms with E-state index in [1.165, 1.54) is 12.1 Å². The Bertz CT molecular complexity index is 523. The SMILES string of the molecule is Cc1c(N)cc(S(=O)(=O)NCC(C)CCO)cc1Cl. The second kappa shape index (κ2) is 6.56. The van der Waals surface area contributed by atoms with Crippen molar-refractivity contribution in [2.75, 3.05) is 18.9 Å². The lowest BCUT2D eigenvalue weighted by molar-refractivity contribution is 0.263. The second-order valence-corrected chi connectivity index (χ2v) is 6.76. The summed E-state index contributed by atoms with van der Waals surface area (Å²) in [7, 11) is -3.63. The Labute approximate surface area is 118 Å². The fourth-order valence-electron chi connectivity index (χ4n) is 1.49. The van der Waals surface area contributed by atoms with Gasteiger partial charge in [-0.1, -0.05) is 18.5 Å². The highest BCUT2D eigenvalue weighted by Gasteiger charge is 2.17. The Kier molecular flexibility index (Phi) is 5.61. The van der Waals surface area contributed by atoms with Crippen LogP contribution in [-0.4, -0.2) is 26.7 Å². The van der Waals surface area contributed by atoms with E-state index in [1.807, 2.05) is 6.92 Å². The third-order valence-corrected chi connectivity index (χ3v) is 4.71. The van der Waals surface area contributed by atoms with E-state index in [0.717, 1.165) is 0 Å². The molecule has 0 aliphatic carbocycles. The average molecular weight is 307 g/mol. The summed E-state index contributed by atoms with van der Waals surface area (Å²) in [5.41, 5.74) is 6.72. The van der Waals surface area contributed by atoms with Crippen molar-refractivity contribution in [1.82, 2.24) is 4.72 Å². The number of nitrogen functional groups attached to an aromatic ring is 1. The van der Waals surface area contributed by atoms with Crippen LogP contribution in [0.3, 0.4) is 0 Å². The molecule has 1 unspecified atom stereocenters. The molecular weight excluding hydrogens is 288 g/mol. The molecule has 0 saturated carbocycles. The number of aliphatic hydroxyl groups is 1. The van der Waals surface area contributed by atoms with Gasteiger partial charge in [0, 0.05) is 23.9 Å². The highest BCUT2D eigenvalue weighted by atomic mass is 35.5. The summed E-state index contributed by atoms with van der Waals surface area (Å²) < 4.78 is 26.6. The third-order valence-electron chi connectivity index (χ3n) is 2.91. The summed E-state index contributed by atoms with van der Waals surface area (Å²) in [6, 6.07) is 2.77. The summed E-state index contributed by atoms with van der Waals surface area (Å²) >= 11 is 5.93. The summed E-state index contributed by atoms with van der Waals surface area (Å²) in [6.45, 7) is 3.88. The largest absolute Gasteiger partial charge is 0.398 e. The van der Waals surface area contributed by atoms with E-state index < -0.39 is 10.0 Å². The van der Waals surface area contributed by atoms with E-state index in [4.69, 9.17) is 22.4 Å². The molecule has 4 N–H and O–H groups in total. The van der Waals surface area contributed by atoms with Gasteiger partial charge in [0.25, 0.3) is 0 Å². The number of nitrogens with two attached hydrogens (primary N) is 1. The summed E-state index contributed by atoms with van der Waals surface area (Å²) in [5, 5.41) is 9.10. The number of halogens is 1. The Morgan fingerprint density at radius 2 is 2.11 bits per heavy atom. The molecule has 5 nitrogen and oxygen atoms in total. The van der Waals surface area contributed by atoms with Gasteiger partial charge in [0.05, 0.1) is 4.90 Å². The zero-order chi connectivity index (χ0) is 14.6. The number of benzene rings is 1. The molecule has 1 aromatic carbocycles. The maximum absolute atomic E-state index is 12.1. The van der Waals surface area contributed by atoms with Crippen LogP contribution >= 0.6 is 11.6 Å². The topological polar surface area (TPSA) is 92.4 Å². The van der Waals surface area contributed by atoms with Gasteiger partial charge in [0.2, 0.25) is 10.0 Å². The van der Waals surface area contributed by atoms with Crippen LogP contribution in [-0.2, 0) is 10.0 Å². The van der Waals surface area contributed by atoms with Crippen molar-refractivity contribution >= 4 is 27.3 Å². The first kappa shape index (κ1) is 16.2. The van der Waals surface area contributed by atoms with Crippen molar-refractivity contribution in [1.29, 1.82) is 0 Å². The minimum atomic E-state index is -3.63. The summed E-state index contributed by atoms with van der Waals surface area (Å²) in [4.78, 5) is 0.0526. The quantitative estimate of drug-likeness (QED) is 0.695. The van der Waals surface area contributed by atoms with Crippen molar-refractivity contribution in [3.63, 3.8) is 0 Å². The fourth-order valence-corrected chi connectivity index (χ4v) is 3.00.